The van der Waals surface area contributed by atoms with Crippen LogP contribution in [-0.2, 0) is 17.9 Å². The molecule has 0 aliphatic carbocycles. The highest BCUT2D eigenvalue weighted by molar-refractivity contribution is 5.88. The van der Waals surface area contributed by atoms with Crippen LogP contribution >= 0.6 is 0 Å². The summed E-state index contributed by atoms with van der Waals surface area (Å²) in [5, 5.41) is 2.82. The molecule has 1 amide bonds. The molecule has 26 heavy (non-hydrogen) atoms. The summed E-state index contributed by atoms with van der Waals surface area (Å²) in [6, 6.07) is 17.8. The summed E-state index contributed by atoms with van der Waals surface area (Å²) in [5.41, 5.74) is 4.92. The van der Waals surface area contributed by atoms with Gasteiger partial charge >= 0.3 is 0 Å². The molecule has 3 rings (SSSR count). The average Bonchev–Trinajstić information content (AvgIpc) is 3.04. The van der Waals surface area contributed by atoms with Crippen LogP contribution < -0.4 is 5.32 Å². The van der Waals surface area contributed by atoms with Crippen LogP contribution in [0.5, 0.6) is 0 Å². The van der Waals surface area contributed by atoms with Crippen molar-refractivity contribution in [3.8, 4) is 0 Å². The summed E-state index contributed by atoms with van der Waals surface area (Å²) in [6.45, 7) is 4.60. The largest absolute Gasteiger partial charge is 0.326 e. The van der Waals surface area contributed by atoms with Gasteiger partial charge in [-0.05, 0) is 62.3 Å². The molecule has 0 bridgehead atoms. The Morgan fingerprint density at radius 1 is 1.08 bits per heavy atom. The van der Waals surface area contributed by atoms with E-state index in [4.69, 9.17) is 0 Å². The van der Waals surface area contributed by atoms with Gasteiger partial charge in [-0.15, -0.1) is 0 Å². The molecule has 0 aromatic heterocycles. The maximum atomic E-state index is 11.1. The Labute approximate surface area is 156 Å². The minimum Gasteiger partial charge on any atom is -0.326 e. The van der Waals surface area contributed by atoms with Crippen LogP contribution in [0.4, 0.5) is 5.69 Å². The van der Waals surface area contributed by atoms with E-state index in [2.05, 4.69) is 65.6 Å². The van der Waals surface area contributed by atoms with Gasteiger partial charge in [-0.2, -0.15) is 0 Å². The molecule has 0 radical (unpaired) electrons. The van der Waals surface area contributed by atoms with Crippen LogP contribution in [0.2, 0.25) is 0 Å². The van der Waals surface area contributed by atoms with Gasteiger partial charge < -0.3 is 10.2 Å². The Kier molecular flexibility index (Phi) is 6.07. The van der Waals surface area contributed by atoms with Crippen molar-refractivity contribution in [2.24, 2.45) is 0 Å². The predicted octanol–water partition coefficient (Wildman–Crippen LogP) is 4.04. The van der Waals surface area contributed by atoms with Gasteiger partial charge in [0, 0.05) is 31.7 Å². The Balaban J connectivity index is 1.65. The first kappa shape index (κ1) is 18.6. The lowest BCUT2D eigenvalue weighted by atomic mass is 10.0. The van der Waals surface area contributed by atoms with Gasteiger partial charge in [0.2, 0.25) is 5.91 Å². The van der Waals surface area contributed by atoms with E-state index in [9.17, 15) is 4.79 Å². The van der Waals surface area contributed by atoms with Crippen LogP contribution in [0.25, 0.3) is 0 Å². The smallest absolute Gasteiger partial charge is 0.221 e. The molecule has 1 heterocycles. The second-order valence-corrected chi connectivity index (χ2v) is 7.49. The van der Waals surface area contributed by atoms with Crippen LogP contribution in [-0.4, -0.2) is 36.3 Å². The van der Waals surface area contributed by atoms with Crippen molar-refractivity contribution in [1.82, 2.24) is 9.80 Å². The average molecular weight is 351 g/mol. The minimum absolute atomic E-state index is 0.0323. The number of carbonyl (C=O) groups excluding carboxylic acids is 1. The quantitative estimate of drug-likeness (QED) is 0.853. The molecule has 2 aromatic rings. The van der Waals surface area contributed by atoms with E-state index in [-0.39, 0.29) is 5.91 Å². The van der Waals surface area contributed by atoms with Crippen molar-refractivity contribution in [2.45, 2.75) is 38.9 Å². The van der Waals surface area contributed by atoms with Gasteiger partial charge in [0.05, 0.1) is 0 Å². The first-order valence-corrected chi connectivity index (χ1v) is 9.35. The highest BCUT2D eigenvalue weighted by Crippen LogP contribution is 2.33. The number of anilines is 1. The number of hydrogen-bond acceptors (Lipinski definition) is 3. The van der Waals surface area contributed by atoms with E-state index in [1.165, 1.54) is 36.5 Å². The van der Waals surface area contributed by atoms with Gasteiger partial charge in [-0.1, -0.05) is 36.4 Å². The van der Waals surface area contributed by atoms with Gasteiger partial charge in [0.1, 0.15) is 0 Å². The van der Waals surface area contributed by atoms with Gasteiger partial charge in [-0.3, -0.25) is 9.69 Å². The predicted molar refractivity (Wildman–Crippen MR) is 107 cm³/mol. The van der Waals surface area contributed by atoms with E-state index in [1.54, 1.807) is 0 Å². The molecule has 1 N–H and O–H groups in total. The third kappa shape index (κ3) is 4.93. The monoisotopic (exact) mass is 351 g/mol. The molecule has 4 nitrogen and oxygen atoms in total. The van der Waals surface area contributed by atoms with Gasteiger partial charge in [-0.25, -0.2) is 0 Å². The Morgan fingerprint density at radius 3 is 2.35 bits per heavy atom. The van der Waals surface area contributed by atoms with Crippen LogP contribution in [0.3, 0.4) is 0 Å². The van der Waals surface area contributed by atoms with Crippen LogP contribution in [0, 0.1) is 0 Å². The maximum absolute atomic E-state index is 11.1. The van der Waals surface area contributed by atoms with E-state index in [0.29, 0.717) is 6.04 Å². The topological polar surface area (TPSA) is 35.6 Å². The van der Waals surface area contributed by atoms with E-state index >= 15 is 0 Å². The normalized spacial score (nSPS) is 17.6. The number of amides is 1. The third-order valence-corrected chi connectivity index (χ3v) is 4.89. The molecule has 138 valence electrons. The molecule has 4 heteroatoms. The number of carbonyl (C=O) groups is 1. The SMILES string of the molecule is CC(=O)Nc1ccc(CN2CCC[C@H]2c2ccc(CN(C)C)cc2)cc1. The Hall–Kier alpha value is -2.17. The van der Waals surface area contributed by atoms with Crippen molar-refractivity contribution in [3.63, 3.8) is 0 Å². The van der Waals surface area contributed by atoms with E-state index in [0.717, 1.165) is 25.3 Å². The first-order chi connectivity index (χ1) is 12.5. The molecule has 0 spiro atoms. The molecule has 1 fully saturated rings. The standard InChI is InChI=1S/C22H29N3O/c1-17(26)23-21-12-8-19(9-13-21)16-25-14-4-5-22(25)20-10-6-18(7-11-20)15-24(2)3/h6-13,22H,4-5,14-16H2,1-3H3,(H,23,26)/t22-/m0/s1. The van der Waals surface area contributed by atoms with Crippen molar-refractivity contribution >= 4 is 11.6 Å². The fourth-order valence-electron chi connectivity index (χ4n) is 3.73. The summed E-state index contributed by atoms with van der Waals surface area (Å²) in [5.74, 6) is -0.0323. The zero-order valence-corrected chi connectivity index (χ0v) is 16.0. The van der Waals surface area contributed by atoms with Crippen LogP contribution in [0.1, 0.15) is 42.5 Å². The summed E-state index contributed by atoms with van der Waals surface area (Å²) >= 11 is 0. The number of nitrogens with zero attached hydrogens (tertiary/aromatic N) is 2. The van der Waals surface area contributed by atoms with Crippen molar-refractivity contribution in [3.05, 3.63) is 65.2 Å². The zero-order chi connectivity index (χ0) is 18.5. The molecule has 1 atom stereocenters. The summed E-state index contributed by atoms with van der Waals surface area (Å²) in [4.78, 5) is 15.9. The number of benzene rings is 2. The Bertz CT molecular complexity index is 722. The lowest BCUT2D eigenvalue weighted by Crippen LogP contribution is -2.22. The first-order valence-electron chi connectivity index (χ1n) is 9.35. The van der Waals surface area contributed by atoms with Crippen molar-refractivity contribution in [1.29, 1.82) is 0 Å². The molecule has 0 saturated carbocycles. The van der Waals surface area contributed by atoms with Crippen LogP contribution in [0.15, 0.2) is 48.5 Å². The molecule has 1 aliphatic heterocycles. The molecular formula is C22H29N3O. The van der Waals surface area contributed by atoms with E-state index in [1.807, 2.05) is 12.1 Å². The molecule has 1 aliphatic rings. The molecule has 1 saturated heterocycles. The fraction of sp³-hybridized carbons (Fsp3) is 0.409. The summed E-state index contributed by atoms with van der Waals surface area (Å²) < 4.78 is 0. The van der Waals surface area contributed by atoms with E-state index < -0.39 is 0 Å². The molecule has 0 unspecified atom stereocenters. The van der Waals surface area contributed by atoms with Crippen molar-refractivity contribution in [2.75, 3.05) is 26.0 Å². The highest BCUT2D eigenvalue weighted by Gasteiger charge is 2.25. The Morgan fingerprint density at radius 2 is 1.73 bits per heavy atom. The number of likely N-dealkylation sites (tertiary alicyclic amines) is 1. The summed E-state index contributed by atoms with van der Waals surface area (Å²) in [7, 11) is 4.20. The number of nitrogens with one attached hydrogen (secondary N) is 1. The number of hydrogen-bond donors (Lipinski definition) is 1. The highest BCUT2D eigenvalue weighted by atomic mass is 16.1. The minimum atomic E-state index is -0.0323. The second-order valence-electron chi connectivity index (χ2n) is 7.49. The fourth-order valence-corrected chi connectivity index (χ4v) is 3.73. The van der Waals surface area contributed by atoms with Gasteiger partial charge in [0.25, 0.3) is 0 Å². The zero-order valence-electron chi connectivity index (χ0n) is 16.0. The molecule has 2 aromatic carbocycles. The third-order valence-electron chi connectivity index (χ3n) is 4.89. The lowest BCUT2D eigenvalue weighted by molar-refractivity contribution is -0.114. The molecular weight excluding hydrogens is 322 g/mol. The lowest BCUT2D eigenvalue weighted by Gasteiger charge is -2.25. The maximum Gasteiger partial charge on any atom is 0.221 e. The second kappa shape index (κ2) is 8.47. The van der Waals surface area contributed by atoms with Crippen molar-refractivity contribution < 1.29 is 4.79 Å². The summed E-state index contributed by atoms with van der Waals surface area (Å²) in [6.07, 6.45) is 2.46. The van der Waals surface area contributed by atoms with Gasteiger partial charge in [0.15, 0.2) is 0 Å². The number of rotatable bonds is 6.